The number of hydrogen-bond acceptors (Lipinski definition) is 4. The van der Waals surface area contributed by atoms with Crippen LogP contribution in [0, 0.1) is 0 Å². The molecule has 5 nitrogen and oxygen atoms in total. The fourth-order valence-electron chi connectivity index (χ4n) is 1.35. The smallest absolute Gasteiger partial charge is 0.248 e. The van der Waals surface area contributed by atoms with Crippen LogP contribution in [0.2, 0.25) is 0 Å². The van der Waals surface area contributed by atoms with Crippen LogP contribution in [-0.2, 0) is 4.79 Å². The maximum absolute atomic E-state index is 11.6. The zero-order valence-corrected chi connectivity index (χ0v) is 7.80. The summed E-state index contributed by atoms with van der Waals surface area (Å²) >= 11 is 0. The first-order valence-electron chi connectivity index (χ1n) is 4.31. The second-order valence-corrected chi connectivity index (χ2v) is 3.14. The van der Waals surface area contributed by atoms with Crippen LogP contribution in [0.3, 0.4) is 0 Å². The number of anilines is 1. The van der Waals surface area contributed by atoms with Gasteiger partial charge in [-0.05, 0) is 12.1 Å². The number of carbonyl (C=O) groups excluding carboxylic acids is 1. The van der Waals surface area contributed by atoms with Gasteiger partial charge >= 0.3 is 0 Å². The monoisotopic (exact) mass is 193 g/mol. The SMILES string of the molecule is CN1C(=O)C(N)COc2cccnc21. The normalized spacial score (nSPS) is 21.1. The number of hydrogen-bond donors (Lipinski definition) is 1. The molecule has 1 amide bonds. The highest BCUT2D eigenvalue weighted by Crippen LogP contribution is 2.26. The first-order valence-corrected chi connectivity index (χ1v) is 4.31. The molecule has 0 saturated heterocycles. The van der Waals surface area contributed by atoms with Crippen molar-refractivity contribution in [3.8, 4) is 5.75 Å². The van der Waals surface area contributed by atoms with E-state index in [2.05, 4.69) is 4.98 Å². The molecule has 0 fully saturated rings. The third kappa shape index (κ3) is 1.31. The van der Waals surface area contributed by atoms with E-state index in [0.29, 0.717) is 11.6 Å². The van der Waals surface area contributed by atoms with Crippen molar-refractivity contribution >= 4 is 11.7 Å². The summed E-state index contributed by atoms with van der Waals surface area (Å²) in [5.74, 6) is 0.934. The molecule has 0 aromatic carbocycles. The molecule has 1 aliphatic heterocycles. The van der Waals surface area contributed by atoms with Crippen molar-refractivity contribution in [2.75, 3.05) is 18.6 Å². The maximum atomic E-state index is 11.6. The molecule has 1 atom stereocenters. The maximum Gasteiger partial charge on any atom is 0.248 e. The number of carbonyl (C=O) groups is 1. The van der Waals surface area contributed by atoms with Crippen LogP contribution in [0.1, 0.15) is 0 Å². The molecule has 5 heteroatoms. The molecule has 0 aliphatic carbocycles. The Hall–Kier alpha value is -1.62. The van der Waals surface area contributed by atoms with Gasteiger partial charge in [0.15, 0.2) is 11.6 Å². The summed E-state index contributed by atoms with van der Waals surface area (Å²) in [4.78, 5) is 17.1. The Kier molecular flexibility index (Phi) is 2.09. The van der Waals surface area contributed by atoms with Crippen LogP contribution in [0.5, 0.6) is 5.75 Å². The third-order valence-electron chi connectivity index (χ3n) is 2.13. The molecule has 14 heavy (non-hydrogen) atoms. The van der Waals surface area contributed by atoms with Crippen molar-refractivity contribution in [2.45, 2.75) is 6.04 Å². The van der Waals surface area contributed by atoms with Crippen LogP contribution >= 0.6 is 0 Å². The van der Waals surface area contributed by atoms with Crippen LogP contribution in [-0.4, -0.2) is 30.6 Å². The Labute approximate surface area is 81.5 Å². The minimum atomic E-state index is -0.616. The van der Waals surface area contributed by atoms with Gasteiger partial charge in [-0.3, -0.25) is 9.69 Å². The number of ether oxygens (including phenoxy) is 1. The lowest BCUT2D eigenvalue weighted by Crippen LogP contribution is -2.43. The number of nitrogens with two attached hydrogens (primary N) is 1. The van der Waals surface area contributed by atoms with Gasteiger partial charge in [0, 0.05) is 13.2 Å². The summed E-state index contributed by atoms with van der Waals surface area (Å²) in [7, 11) is 1.64. The predicted molar refractivity (Wildman–Crippen MR) is 51.1 cm³/mol. The number of likely N-dealkylation sites (N-methyl/N-ethyl adjacent to an activating group) is 1. The van der Waals surface area contributed by atoms with Gasteiger partial charge in [-0.1, -0.05) is 0 Å². The molecule has 0 spiro atoms. The second-order valence-electron chi connectivity index (χ2n) is 3.14. The lowest BCUT2D eigenvalue weighted by atomic mass is 10.3. The summed E-state index contributed by atoms with van der Waals surface area (Å²) in [5, 5.41) is 0. The van der Waals surface area contributed by atoms with Gasteiger partial charge in [-0.25, -0.2) is 4.98 Å². The van der Waals surface area contributed by atoms with E-state index in [9.17, 15) is 4.79 Å². The van der Waals surface area contributed by atoms with Gasteiger partial charge in [-0.2, -0.15) is 0 Å². The average Bonchev–Trinajstić information content (AvgIpc) is 2.32. The molecular weight excluding hydrogens is 182 g/mol. The second kappa shape index (κ2) is 3.26. The lowest BCUT2D eigenvalue weighted by molar-refractivity contribution is -0.119. The van der Waals surface area contributed by atoms with E-state index >= 15 is 0 Å². The number of rotatable bonds is 0. The summed E-state index contributed by atoms with van der Waals surface area (Å²) in [6, 6.07) is 2.91. The summed E-state index contributed by atoms with van der Waals surface area (Å²) < 4.78 is 5.35. The fourth-order valence-corrected chi connectivity index (χ4v) is 1.35. The van der Waals surface area contributed by atoms with Gasteiger partial charge in [0.1, 0.15) is 12.6 Å². The van der Waals surface area contributed by atoms with E-state index in [1.54, 1.807) is 25.4 Å². The number of nitrogens with zero attached hydrogens (tertiary/aromatic N) is 2. The van der Waals surface area contributed by atoms with E-state index < -0.39 is 6.04 Å². The Balaban J connectivity index is 2.45. The summed E-state index contributed by atoms with van der Waals surface area (Å²) in [6.07, 6.45) is 1.61. The van der Waals surface area contributed by atoms with Crippen molar-refractivity contribution in [1.29, 1.82) is 0 Å². The Morgan fingerprint density at radius 3 is 3.29 bits per heavy atom. The van der Waals surface area contributed by atoms with Crippen molar-refractivity contribution in [3.63, 3.8) is 0 Å². The molecule has 1 aromatic heterocycles. The molecule has 0 saturated carbocycles. The van der Waals surface area contributed by atoms with Gasteiger partial charge in [0.2, 0.25) is 5.91 Å². The van der Waals surface area contributed by atoms with Crippen molar-refractivity contribution < 1.29 is 9.53 Å². The topological polar surface area (TPSA) is 68.5 Å². The highest BCUT2D eigenvalue weighted by atomic mass is 16.5. The zero-order valence-electron chi connectivity index (χ0n) is 7.80. The van der Waals surface area contributed by atoms with E-state index in [4.69, 9.17) is 10.5 Å². The first kappa shape index (κ1) is 8.96. The zero-order chi connectivity index (χ0) is 10.1. The molecule has 2 heterocycles. The molecule has 0 bridgehead atoms. The summed E-state index contributed by atoms with van der Waals surface area (Å²) in [5.41, 5.74) is 5.60. The molecule has 2 rings (SSSR count). The number of pyridine rings is 1. The first-order chi connectivity index (χ1) is 6.70. The van der Waals surface area contributed by atoms with Crippen molar-refractivity contribution in [2.24, 2.45) is 5.73 Å². The largest absolute Gasteiger partial charge is 0.488 e. The molecule has 2 N–H and O–H groups in total. The Bertz CT molecular complexity index is 367. The minimum Gasteiger partial charge on any atom is -0.488 e. The predicted octanol–water partition coefficient (Wildman–Crippen LogP) is -0.236. The highest BCUT2D eigenvalue weighted by molar-refractivity contribution is 5.97. The van der Waals surface area contributed by atoms with Crippen molar-refractivity contribution in [1.82, 2.24) is 4.98 Å². The Morgan fingerprint density at radius 1 is 1.71 bits per heavy atom. The standard InChI is InChI=1S/C9H11N3O2/c1-12-8-7(3-2-4-11-8)14-5-6(10)9(12)13/h2-4,6H,5,10H2,1H3. The van der Waals surface area contributed by atoms with Gasteiger partial charge in [0.05, 0.1) is 0 Å². The van der Waals surface area contributed by atoms with E-state index in [-0.39, 0.29) is 12.5 Å². The van der Waals surface area contributed by atoms with Crippen molar-refractivity contribution in [3.05, 3.63) is 18.3 Å². The summed E-state index contributed by atoms with van der Waals surface area (Å²) in [6.45, 7) is 0.196. The minimum absolute atomic E-state index is 0.178. The number of amides is 1. The van der Waals surface area contributed by atoms with Gasteiger partial charge in [-0.15, -0.1) is 0 Å². The number of fused-ring (bicyclic) bond motifs is 1. The Morgan fingerprint density at radius 2 is 2.50 bits per heavy atom. The van der Waals surface area contributed by atoms with Crippen LogP contribution in [0.4, 0.5) is 5.82 Å². The quantitative estimate of drug-likeness (QED) is 0.617. The van der Waals surface area contributed by atoms with E-state index in [1.807, 2.05) is 0 Å². The van der Waals surface area contributed by atoms with Crippen LogP contribution < -0.4 is 15.4 Å². The van der Waals surface area contributed by atoms with Gasteiger partial charge in [0.25, 0.3) is 0 Å². The third-order valence-corrected chi connectivity index (χ3v) is 2.13. The molecule has 1 aliphatic rings. The highest BCUT2D eigenvalue weighted by Gasteiger charge is 2.26. The fraction of sp³-hybridized carbons (Fsp3) is 0.333. The van der Waals surface area contributed by atoms with Gasteiger partial charge < -0.3 is 10.5 Å². The van der Waals surface area contributed by atoms with Crippen LogP contribution in [0.25, 0.3) is 0 Å². The lowest BCUT2D eigenvalue weighted by Gasteiger charge is -2.15. The molecule has 0 radical (unpaired) electrons. The van der Waals surface area contributed by atoms with E-state index in [0.717, 1.165) is 0 Å². The molecule has 74 valence electrons. The average molecular weight is 193 g/mol. The molecular formula is C9H11N3O2. The molecule has 1 unspecified atom stereocenters. The van der Waals surface area contributed by atoms with E-state index in [1.165, 1.54) is 4.90 Å². The molecule has 1 aromatic rings. The number of aromatic nitrogens is 1. The van der Waals surface area contributed by atoms with Crippen LogP contribution in [0.15, 0.2) is 18.3 Å².